The SMILES string of the molecule is CCOCC(Nc1ccc([N+](=O)[O-])cc1[N+](=O)[O-])C(C)C. The van der Waals surface area contributed by atoms with Gasteiger partial charge in [-0.1, -0.05) is 13.8 Å². The van der Waals surface area contributed by atoms with Crippen molar-refractivity contribution in [2.45, 2.75) is 26.8 Å². The summed E-state index contributed by atoms with van der Waals surface area (Å²) in [5, 5.41) is 24.8. The second-order valence-corrected chi connectivity index (χ2v) is 4.87. The number of rotatable bonds is 8. The van der Waals surface area contributed by atoms with Crippen LogP contribution < -0.4 is 5.32 Å². The van der Waals surface area contributed by atoms with Crippen molar-refractivity contribution in [2.24, 2.45) is 5.92 Å². The van der Waals surface area contributed by atoms with E-state index in [1.807, 2.05) is 20.8 Å². The van der Waals surface area contributed by atoms with Crippen molar-refractivity contribution in [3.63, 3.8) is 0 Å². The number of benzene rings is 1. The largest absolute Gasteiger partial charge is 0.380 e. The fourth-order valence-electron chi connectivity index (χ4n) is 1.75. The Hall–Kier alpha value is -2.22. The molecule has 1 unspecified atom stereocenters. The Labute approximate surface area is 122 Å². The highest BCUT2D eigenvalue weighted by molar-refractivity contribution is 5.65. The summed E-state index contributed by atoms with van der Waals surface area (Å²) in [6, 6.07) is 3.44. The van der Waals surface area contributed by atoms with Crippen LogP contribution in [0.15, 0.2) is 18.2 Å². The van der Waals surface area contributed by atoms with Gasteiger partial charge in [0.15, 0.2) is 0 Å². The Bertz CT molecular complexity index is 519. The Balaban J connectivity index is 3.05. The first kappa shape index (κ1) is 16.8. The lowest BCUT2D eigenvalue weighted by atomic mass is 10.0. The van der Waals surface area contributed by atoms with Gasteiger partial charge in [-0.2, -0.15) is 0 Å². The Morgan fingerprint density at radius 2 is 1.90 bits per heavy atom. The highest BCUT2D eigenvalue weighted by atomic mass is 16.6. The molecule has 0 aliphatic carbocycles. The van der Waals surface area contributed by atoms with Crippen LogP contribution in [-0.4, -0.2) is 29.1 Å². The monoisotopic (exact) mass is 297 g/mol. The molecule has 0 fully saturated rings. The molecule has 8 heteroatoms. The molecule has 1 aromatic rings. The van der Waals surface area contributed by atoms with Crippen LogP contribution in [0.25, 0.3) is 0 Å². The van der Waals surface area contributed by atoms with Crippen LogP contribution in [0.3, 0.4) is 0 Å². The van der Waals surface area contributed by atoms with E-state index >= 15 is 0 Å². The minimum absolute atomic E-state index is 0.120. The summed E-state index contributed by atoms with van der Waals surface area (Å²) < 4.78 is 5.35. The number of non-ortho nitro benzene ring substituents is 1. The quantitative estimate of drug-likeness (QED) is 0.583. The number of nitrogens with zero attached hydrogens (tertiary/aromatic N) is 2. The standard InChI is InChI=1S/C13H19N3O5/c1-4-21-8-12(9(2)3)14-11-6-5-10(15(17)18)7-13(11)16(19)20/h5-7,9,12,14H,4,8H2,1-3H3. The van der Waals surface area contributed by atoms with Crippen molar-refractivity contribution < 1.29 is 14.6 Å². The summed E-state index contributed by atoms with van der Waals surface area (Å²) in [7, 11) is 0. The first-order valence-electron chi connectivity index (χ1n) is 6.63. The average Bonchev–Trinajstić information content (AvgIpc) is 2.42. The summed E-state index contributed by atoms with van der Waals surface area (Å²) in [5.41, 5.74) is -0.367. The Morgan fingerprint density at radius 3 is 2.38 bits per heavy atom. The van der Waals surface area contributed by atoms with Gasteiger partial charge in [0.25, 0.3) is 11.4 Å². The molecule has 0 aromatic heterocycles. The zero-order valence-corrected chi connectivity index (χ0v) is 12.2. The number of nitro groups is 2. The number of ether oxygens (including phenoxy) is 1. The molecular formula is C13H19N3O5. The van der Waals surface area contributed by atoms with E-state index in [2.05, 4.69) is 5.32 Å². The summed E-state index contributed by atoms with van der Waals surface area (Å²) in [6.07, 6.45) is 0. The maximum atomic E-state index is 11.1. The maximum Gasteiger partial charge on any atom is 0.299 e. The zero-order chi connectivity index (χ0) is 16.0. The number of nitro benzene ring substituents is 2. The number of anilines is 1. The summed E-state index contributed by atoms with van der Waals surface area (Å²) in [6.45, 7) is 6.75. The Kier molecular flexibility index (Phi) is 6.04. The van der Waals surface area contributed by atoms with Gasteiger partial charge < -0.3 is 10.1 Å². The molecule has 21 heavy (non-hydrogen) atoms. The second kappa shape index (κ2) is 7.53. The fraction of sp³-hybridized carbons (Fsp3) is 0.538. The minimum Gasteiger partial charge on any atom is -0.380 e. The lowest BCUT2D eigenvalue weighted by molar-refractivity contribution is -0.393. The van der Waals surface area contributed by atoms with Crippen LogP contribution in [0.2, 0.25) is 0 Å². The van der Waals surface area contributed by atoms with Crippen LogP contribution in [0.5, 0.6) is 0 Å². The van der Waals surface area contributed by atoms with Crippen LogP contribution in [0.4, 0.5) is 17.1 Å². The molecule has 0 saturated heterocycles. The van der Waals surface area contributed by atoms with E-state index in [1.165, 1.54) is 12.1 Å². The third-order valence-electron chi connectivity index (χ3n) is 3.04. The number of hydrogen-bond donors (Lipinski definition) is 1. The number of hydrogen-bond acceptors (Lipinski definition) is 6. The van der Waals surface area contributed by atoms with Crippen molar-refractivity contribution in [2.75, 3.05) is 18.5 Å². The van der Waals surface area contributed by atoms with E-state index in [0.29, 0.717) is 13.2 Å². The van der Waals surface area contributed by atoms with Gasteiger partial charge in [0.05, 0.1) is 28.6 Å². The van der Waals surface area contributed by atoms with Gasteiger partial charge in [-0.3, -0.25) is 20.2 Å². The molecule has 116 valence electrons. The van der Waals surface area contributed by atoms with Crippen molar-refractivity contribution in [1.82, 2.24) is 0 Å². The molecule has 0 heterocycles. The fourth-order valence-corrected chi connectivity index (χ4v) is 1.75. The predicted molar refractivity (Wildman–Crippen MR) is 78.5 cm³/mol. The van der Waals surface area contributed by atoms with Crippen LogP contribution in [-0.2, 0) is 4.74 Å². The van der Waals surface area contributed by atoms with Crippen molar-refractivity contribution in [3.05, 3.63) is 38.4 Å². The third-order valence-corrected chi connectivity index (χ3v) is 3.04. The van der Waals surface area contributed by atoms with E-state index in [-0.39, 0.29) is 29.0 Å². The lowest BCUT2D eigenvalue weighted by Gasteiger charge is -2.23. The van der Waals surface area contributed by atoms with Gasteiger partial charge in [-0.25, -0.2) is 0 Å². The molecule has 1 rings (SSSR count). The van der Waals surface area contributed by atoms with E-state index in [4.69, 9.17) is 4.74 Å². The van der Waals surface area contributed by atoms with Gasteiger partial charge in [0.1, 0.15) is 5.69 Å². The molecule has 0 radical (unpaired) electrons. The van der Waals surface area contributed by atoms with E-state index in [0.717, 1.165) is 6.07 Å². The van der Waals surface area contributed by atoms with Crippen LogP contribution in [0, 0.1) is 26.1 Å². The molecule has 1 N–H and O–H groups in total. The first-order valence-corrected chi connectivity index (χ1v) is 6.63. The normalized spacial score (nSPS) is 12.2. The predicted octanol–water partition coefficient (Wildman–Crippen LogP) is 2.98. The van der Waals surface area contributed by atoms with Gasteiger partial charge in [-0.15, -0.1) is 0 Å². The molecule has 0 saturated carbocycles. The van der Waals surface area contributed by atoms with Gasteiger partial charge in [0, 0.05) is 12.7 Å². The van der Waals surface area contributed by atoms with Crippen molar-refractivity contribution in [1.29, 1.82) is 0 Å². The lowest BCUT2D eigenvalue weighted by Crippen LogP contribution is -2.31. The maximum absolute atomic E-state index is 11.1. The van der Waals surface area contributed by atoms with Gasteiger partial charge in [-0.05, 0) is 18.9 Å². The Morgan fingerprint density at radius 1 is 1.24 bits per heavy atom. The molecule has 0 aliphatic rings. The molecule has 1 aromatic carbocycles. The van der Waals surface area contributed by atoms with E-state index in [9.17, 15) is 20.2 Å². The third kappa shape index (κ3) is 4.67. The summed E-state index contributed by atoms with van der Waals surface area (Å²) >= 11 is 0. The highest BCUT2D eigenvalue weighted by Crippen LogP contribution is 2.30. The summed E-state index contributed by atoms with van der Waals surface area (Å²) in [4.78, 5) is 20.5. The smallest absolute Gasteiger partial charge is 0.299 e. The van der Waals surface area contributed by atoms with E-state index in [1.54, 1.807) is 0 Å². The zero-order valence-electron chi connectivity index (χ0n) is 12.2. The van der Waals surface area contributed by atoms with Crippen molar-refractivity contribution >= 4 is 17.1 Å². The first-order chi connectivity index (χ1) is 9.86. The molecule has 0 amide bonds. The van der Waals surface area contributed by atoms with Crippen LogP contribution in [0.1, 0.15) is 20.8 Å². The molecule has 0 aliphatic heterocycles. The molecular weight excluding hydrogens is 278 g/mol. The topological polar surface area (TPSA) is 108 Å². The molecule has 1 atom stereocenters. The molecule has 0 spiro atoms. The minimum atomic E-state index is -0.656. The van der Waals surface area contributed by atoms with Crippen LogP contribution >= 0.6 is 0 Å². The molecule has 8 nitrogen and oxygen atoms in total. The second-order valence-electron chi connectivity index (χ2n) is 4.87. The highest BCUT2D eigenvalue weighted by Gasteiger charge is 2.22. The van der Waals surface area contributed by atoms with Gasteiger partial charge in [0.2, 0.25) is 0 Å². The molecule has 0 bridgehead atoms. The number of nitrogens with one attached hydrogen (secondary N) is 1. The van der Waals surface area contributed by atoms with Crippen molar-refractivity contribution in [3.8, 4) is 0 Å². The van der Waals surface area contributed by atoms with E-state index < -0.39 is 9.85 Å². The average molecular weight is 297 g/mol. The summed E-state index contributed by atoms with van der Waals surface area (Å²) in [5.74, 6) is 0.186. The van der Waals surface area contributed by atoms with Gasteiger partial charge >= 0.3 is 0 Å².